The topological polar surface area (TPSA) is 52.6 Å². The smallest absolute Gasteiger partial charge is 0.227 e. The summed E-state index contributed by atoms with van der Waals surface area (Å²) in [7, 11) is 4.06. The van der Waals surface area contributed by atoms with E-state index in [2.05, 4.69) is 16.7 Å². The number of hydrogen-bond donors (Lipinski definition) is 0. The normalized spacial score (nSPS) is 25.6. The van der Waals surface area contributed by atoms with Crippen LogP contribution in [0.2, 0.25) is 0 Å². The minimum absolute atomic E-state index is 0.249. The van der Waals surface area contributed by atoms with Crippen molar-refractivity contribution in [3.63, 3.8) is 0 Å². The van der Waals surface area contributed by atoms with Gasteiger partial charge in [-0.1, -0.05) is 6.92 Å². The Balaban J connectivity index is 1.63. The van der Waals surface area contributed by atoms with Crippen LogP contribution in [-0.4, -0.2) is 54.5 Å². The Hall–Kier alpha value is -1.85. The molecule has 1 saturated carbocycles. The molecule has 6 nitrogen and oxygen atoms in total. The first-order valence-electron chi connectivity index (χ1n) is 9.15. The van der Waals surface area contributed by atoms with Crippen molar-refractivity contribution in [2.24, 2.45) is 11.8 Å². The molecule has 1 saturated heterocycles. The first-order chi connectivity index (χ1) is 11.5. The molecule has 130 valence electrons. The molecule has 1 amide bonds. The van der Waals surface area contributed by atoms with Crippen LogP contribution in [-0.2, 0) is 17.8 Å². The van der Waals surface area contributed by atoms with E-state index in [0.29, 0.717) is 18.4 Å². The zero-order valence-corrected chi connectivity index (χ0v) is 15.0. The Morgan fingerprint density at radius 1 is 1.17 bits per heavy atom. The van der Waals surface area contributed by atoms with Crippen LogP contribution in [0.15, 0.2) is 0 Å². The first kappa shape index (κ1) is 15.7. The molecule has 24 heavy (non-hydrogen) atoms. The summed E-state index contributed by atoms with van der Waals surface area (Å²) in [5.74, 6) is 2.97. The van der Waals surface area contributed by atoms with Gasteiger partial charge in [-0.05, 0) is 25.2 Å². The van der Waals surface area contributed by atoms with Crippen molar-refractivity contribution in [2.75, 3.05) is 43.5 Å². The molecule has 0 N–H and O–H groups in total. The molecule has 3 heterocycles. The van der Waals surface area contributed by atoms with Crippen molar-refractivity contribution in [2.45, 2.75) is 39.2 Å². The second kappa shape index (κ2) is 5.90. The number of nitrogens with zero attached hydrogens (tertiary/aromatic N) is 5. The summed E-state index contributed by atoms with van der Waals surface area (Å²) in [5, 5.41) is 0. The largest absolute Gasteiger partial charge is 0.362 e. The molecule has 2 atom stereocenters. The van der Waals surface area contributed by atoms with Crippen molar-refractivity contribution in [1.29, 1.82) is 0 Å². The lowest BCUT2D eigenvalue weighted by atomic mass is 10.0. The summed E-state index contributed by atoms with van der Waals surface area (Å²) in [6.07, 6.45) is 4.33. The van der Waals surface area contributed by atoms with Crippen molar-refractivity contribution in [1.82, 2.24) is 14.9 Å². The van der Waals surface area contributed by atoms with Crippen LogP contribution in [0.4, 0.5) is 11.8 Å². The van der Waals surface area contributed by atoms with Gasteiger partial charge in [-0.25, -0.2) is 4.98 Å². The second-order valence-corrected chi connectivity index (χ2v) is 7.69. The summed E-state index contributed by atoms with van der Waals surface area (Å²) in [6.45, 7) is 5.71. The number of fused-ring (bicyclic) bond motifs is 1. The maximum Gasteiger partial charge on any atom is 0.227 e. The lowest BCUT2D eigenvalue weighted by Crippen LogP contribution is -2.39. The molecule has 2 aliphatic heterocycles. The Morgan fingerprint density at radius 3 is 2.50 bits per heavy atom. The van der Waals surface area contributed by atoms with Gasteiger partial charge in [0, 0.05) is 51.6 Å². The molecule has 2 fully saturated rings. The molecule has 0 unspecified atom stereocenters. The fraction of sp³-hybridized carbons (Fsp3) is 0.722. The fourth-order valence-electron chi connectivity index (χ4n) is 3.90. The van der Waals surface area contributed by atoms with E-state index < -0.39 is 0 Å². The zero-order valence-electron chi connectivity index (χ0n) is 15.0. The highest BCUT2D eigenvalue weighted by atomic mass is 16.2. The molecule has 0 aromatic carbocycles. The highest BCUT2D eigenvalue weighted by molar-refractivity contribution is 5.82. The number of anilines is 2. The summed E-state index contributed by atoms with van der Waals surface area (Å²) < 4.78 is 0. The molecular weight excluding hydrogens is 302 g/mol. The summed E-state index contributed by atoms with van der Waals surface area (Å²) in [6, 6.07) is 0. The van der Waals surface area contributed by atoms with Crippen LogP contribution in [0.1, 0.15) is 37.4 Å². The third-order valence-corrected chi connectivity index (χ3v) is 5.58. The maximum absolute atomic E-state index is 12.6. The molecule has 3 aliphatic rings. The third-order valence-electron chi connectivity index (χ3n) is 5.58. The number of amides is 1. The van der Waals surface area contributed by atoms with Gasteiger partial charge in [-0.2, -0.15) is 4.98 Å². The first-order valence-corrected chi connectivity index (χ1v) is 9.15. The predicted octanol–water partition coefficient (Wildman–Crippen LogP) is 1.68. The maximum atomic E-state index is 12.6. The monoisotopic (exact) mass is 329 g/mol. The fourth-order valence-corrected chi connectivity index (χ4v) is 3.90. The SMILES string of the molecule is C[C@@H]1C[C@H]1C(=O)N1CCc2nc(N3CCCC3)nc(N(C)C)c2C1. The molecule has 0 bridgehead atoms. The molecule has 6 heteroatoms. The van der Waals surface area contributed by atoms with E-state index in [4.69, 9.17) is 9.97 Å². The van der Waals surface area contributed by atoms with Gasteiger partial charge in [0.2, 0.25) is 11.9 Å². The van der Waals surface area contributed by atoms with E-state index >= 15 is 0 Å². The molecule has 4 rings (SSSR count). The molecule has 0 spiro atoms. The number of rotatable bonds is 3. The number of carbonyl (C=O) groups is 1. The van der Waals surface area contributed by atoms with Crippen molar-refractivity contribution in [3.8, 4) is 0 Å². The lowest BCUT2D eigenvalue weighted by molar-refractivity contribution is -0.133. The highest BCUT2D eigenvalue weighted by Crippen LogP contribution is 2.40. The van der Waals surface area contributed by atoms with Gasteiger partial charge < -0.3 is 14.7 Å². The van der Waals surface area contributed by atoms with Crippen molar-refractivity contribution >= 4 is 17.7 Å². The third kappa shape index (κ3) is 2.72. The Kier molecular flexibility index (Phi) is 3.85. The number of carbonyl (C=O) groups excluding carboxylic acids is 1. The van der Waals surface area contributed by atoms with E-state index in [1.54, 1.807) is 0 Å². The average Bonchev–Trinajstić information content (AvgIpc) is 3.08. The predicted molar refractivity (Wildman–Crippen MR) is 94.2 cm³/mol. The number of aromatic nitrogens is 2. The standard InChI is InChI=1S/C18H27N5O/c1-12-10-13(12)17(24)23-9-6-15-14(11-23)16(21(2)3)20-18(19-15)22-7-4-5-8-22/h12-13H,4-11H2,1-3H3/t12-,13-/m1/s1. The van der Waals surface area contributed by atoms with Crippen LogP contribution in [0, 0.1) is 11.8 Å². The summed E-state index contributed by atoms with van der Waals surface area (Å²) in [4.78, 5) is 28.7. The van der Waals surface area contributed by atoms with Gasteiger partial charge in [0.05, 0.1) is 12.2 Å². The Morgan fingerprint density at radius 2 is 1.88 bits per heavy atom. The highest BCUT2D eigenvalue weighted by Gasteiger charge is 2.42. The van der Waals surface area contributed by atoms with Crippen molar-refractivity contribution in [3.05, 3.63) is 11.3 Å². The molecule has 0 radical (unpaired) electrons. The van der Waals surface area contributed by atoms with E-state index in [-0.39, 0.29) is 5.92 Å². The molecule has 1 aromatic heterocycles. The van der Waals surface area contributed by atoms with Crippen LogP contribution in [0.5, 0.6) is 0 Å². The minimum atomic E-state index is 0.249. The lowest BCUT2D eigenvalue weighted by Gasteiger charge is -2.32. The van der Waals surface area contributed by atoms with Gasteiger partial charge in [0.15, 0.2) is 0 Å². The number of hydrogen-bond acceptors (Lipinski definition) is 5. The Labute approximate surface area is 143 Å². The van der Waals surface area contributed by atoms with Crippen LogP contribution >= 0.6 is 0 Å². The van der Waals surface area contributed by atoms with Gasteiger partial charge >= 0.3 is 0 Å². The van der Waals surface area contributed by atoms with E-state index in [9.17, 15) is 4.79 Å². The molecular formula is C18H27N5O. The summed E-state index contributed by atoms with van der Waals surface area (Å²) in [5.41, 5.74) is 2.26. The van der Waals surface area contributed by atoms with Crippen molar-refractivity contribution < 1.29 is 4.79 Å². The Bertz CT molecular complexity index is 653. The summed E-state index contributed by atoms with van der Waals surface area (Å²) >= 11 is 0. The van der Waals surface area contributed by atoms with Crippen LogP contribution < -0.4 is 9.80 Å². The van der Waals surface area contributed by atoms with Gasteiger partial charge in [0.25, 0.3) is 0 Å². The molecule has 1 aliphatic carbocycles. The van der Waals surface area contributed by atoms with E-state index in [0.717, 1.165) is 55.5 Å². The van der Waals surface area contributed by atoms with Gasteiger partial charge in [-0.15, -0.1) is 0 Å². The van der Waals surface area contributed by atoms with Crippen LogP contribution in [0.25, 0.3) is 0 Å². The van der Waals surface area contributed by atoms with Gasteiger partial charge in [-0.3, -0.25) is 4.79 Å². The van der Waals surface area contributed by atoms with E-state index in [1.807, 2.05) is 19.0 Å². The van der Waals surface area contributed by atoms with Gasteiger partial charge in [0.1, 0.15) is 5.82 Å². The molecule has 1 aromatic rings. The average molecular weight is 329 g/mol. The van der Waals surface area contributed by atoms with Crippen LogP contribution in [0.3, 0.4) is 0 Å². The quantitative estimate of drug-likeness (QED) is 0.844. The van der Waals surface area contributed by atoms with E-state index in [1.165, 1.54) is 12.8 Å². The zero-order chi connectivity index (χ0) is 16.8. The minimum Gasteiger partial charge on any atom is -0.362 e. The second-order valence-electron chi connectivity index (χ2n) is 7.69.